The van der Waals surface area contributed by atoms with Crippen LogP contribution in [0, 0.1) is 18.5 Å². The van der Waals surface area contributed by atoms with Crippen molar-refractivity contribution in [1.82, 2.24) is 14.4 Å². The molecule has 0 bridgehead atoms. The standard InChI is InChI=1S/C23H15F8N5O2/c1-9-34-17(18-20(32)33-8-16(36(9)18)23(29,30)31)14-3-2-13(7-15(14)25)35-21(38)19(37)10-4-11(22(26,27)28)6-12(24)5-10/h2-8,19,37H,1H3,(H2,32,33)(H,35,38)/t19-/m1/s1/i1D3. The SMILES string of the molecule is [2H]C([2H])([2H])c1nc(-c2ccc(NC(=O)[C@H](O)c3cc(F)cc(C(F)(F)F)c3)cc2F)c2c(N)ncc(C(F)(F)F)n12. The number of nitrogens with one attached hydrogen (secondary N) is 1. The predicted octanol–water partition coefficient (Wildman–Crippen LogP) is 5.27. The lowest BCUT2D eigenvalue weighted by molar-refractivity contribution is -0.142. The molecular formula is C23H15F8N5O2. The maximum atomic E-state index is 15.2. The number of aryl methyl sites for hydroxylation is 1. The normalized spacial score (nSPS) is 14.6. The Morgan fingerprint density at radius 1 is 1.11 bits per heavy atom. The number of nitrogens with two attached hydrogens (primary N) is 1. The van der Waals surface area contributed by atoms with Gasteiger partial charge in [-0.3, -0.25) is 9.20 Å². The quantitative estimate of drug-likeness (QED) is 0.301. The minimum Gasteiger partial charge on any atom is -0.382 e. The molecule has 0 unspecified atom stereocenters. The van der Waals surface area contributed by atoms with E-state index in [4.69, 9.17) is 9.85 Å². The van der Waals surface area contributed by atoms with Crippen LogP contribution in [0.2, 0.25) is 0 Å². The first-order valence-electron chi connectivity index (χ1n) is 11.7. The maximum absolute atomic E-state index is 15.2. The third-order valence-corrected chi connectivity index (χ3v) is 5.28. The van der Waals surface area contributed by atoms with Gasteiger partial charge >= 0.3 is 12.4 Å². The minimum atomic E-state index is -5.10. The van der Waals surface area contributed by atoms with Crippen molar-refractivity contribution in [3.8, 4) is 11.3 Å². The van der Waals surface area contributed by atoms with E-state index in [0.29, 0.717) is 24.4 Å². The summed E-state index contributed by atoms with van der Waals surface area (Å²) in [5.41, 5.74) is -0.274. The van der Waals surface area contributed by atoms with Gasteiger partial charge in [-0.05, 0) is 48.8 Å². The first-order chi connectivity index (χ1) is 18.8. The molecular weight excluding hydrogens is 530 g/mol. The van der Waals surface area contributed by atoms with E-state index in [1.54, 1.807) is 0 Å². The summed E-state index contributed by atoms with van der Waals surface area (Å²) in [7, 11) is 0. The number of imidazole rings is 1. The van der Waals surface area contributed by atoms with Gasteiger partial charge in [0.1, 0.15) is 40.2 Å². The fourth-order valence-electron chi connectivity index (χ4n) is 3.61. The molecule has 0 saturated heterocycles. The molecule has 4 N–H and O–H groups in total. The van der Waals surface area contributed by atoms with Crippen LogP contribution in [0.25, 0.3) is 16.8 Å². The van der Waals surface area contributed by atoms with Gasteiger partial charge in [-0.2, -0.15) is 26.3 Å². The number of halogens is 8. The van der Waals surface area contributed by atoms with Crippen LogP contribution in [-0.2, 0) is 17.1 Å². The van der Waals surface area contributed by atoms with Crippen molar-refractivity contribution in [1.29, 1.82) is 0 Å². The van der Waals surface area contributed by atoms with Crippen molar-refractivity contribution in [2.75, 3.05) is 11.1 Å². The first-order valence-corrected chi connectivity index (χ1v) is 10.2. The number of aliphatic hydroxyl groups is 1. The molecule has 2 heterocycles. The lowest BCUT2D eigenvalue weighted by atomic mass is 10.0. The number of amides is 1. The number of aliphatic hydroxyl groups excluding tert-OH is 1. The number of carbonyl (C=O) groups is 1. The molecule has 4 aromatic rings. The van der Waals surface area contributed by atoms with Gasteiger partial charge in [-0.1, -0.05) is 0 Å². The number of aromatic nitrogens is 3. The van der Waals surface area contributed by atoms with Gasteiger partial charge in [0.15, 0.2) is 6.10 Å². The maximum Gasteiger partial charge on any atom is 0.433 e. The molecule has 38 heavy (non-hydrogen) atoms. The van der Waals surface area contributed by atoms with E-state index in [9.17, 15) is 40.6 Å². The summed E-state index contributed by atoms with van der Waals surface area (Å²) in [5, 5.41) is 12.2. The summed E-state index contributed by atoms with van der Waals surface area (Å²) in [4.78, 5) is 19.6. The van der Waals surface area contributed by atoms with E-state index < -0.39 is 88.1 Å². The first kappa shape index (κ1) is 22.9. The van der Waals surface area contributed by atoms with Crippen LogP contribution < -0.4 is 11.1 Å². The number of nitrogens with zero attached hydrogens (tertiary/aromatic N) is 3. The van der Waals surface area contributed by atoms with E-state index in [1.165, 1.54) is 0 Å². The third kappa shape index (κ3) is 4.96. The van der Waals surface area contributed by atoms with Crippen molar-refractivity contribution in [2.45, 2.75) is 25.3 Å². The molecule has 2 aromatic carbocycles. The zero-order valence-corrected chi connectivity index (χ0v) is 18.4. The molecule has 1 amide bonds. The van der Waals surface area contributed by atoms with Crippen LogP contribution >= 0.6 is 0 Å². The van der Waals surface area contributed by atoms with Gasteiger partial charge in [0, 0.05) is 15.4 Å². The number of rotatable bonds is 4. The fraction of sp³-hybridized carbons (Fsp3) is 0.174. The summed E-state index contributed by atoms with van der Waals surface area (Å²) in [6.45, 7) is -3.21. The molecule has 1 atom stereocenters. The number of anilines is 2. The molecule has 0 radical (unpaired) electrons. The highest BCUT2D eigenvalue weighted by Gasteiger charge is 2.36. The van der Waals surface area contributed by atoms with Gasteiger partial charge in [0.05, 0.1) is 11.8 Å². The summed E-state index contributed by atoms with van der Waals surface area (Å²) < 4.78 is 132. The van der Waals surface area contributed by atoms with Crippen molar-refractivity contribution in [3.05, 3.63) is 76.9 Å². The topological polar surface area (TPSA) is 106 Å². The summed E-state index contributed by atoms with van der Waals surface area (Å²) in [6.07, 6.45) is -12.1. The Balaban J connectivity index is 1.73. The number of carbonyl (C=O) groups excluding carboxylic acids is 1. The van der Waals surface area contributed by atoms with Crippen molar-refractivity contribution >= 4 is 22.9 Å². The Kier molecular flexibility index (Phi) is 5.56. The zero-order chi connectivity index (χ0) is 30.7. The average Bonchev–Trinajstić information content (AvgIpc) is 3.24. The lowest BCUT2D eigenvalue weighted by Crippen LogP contribution is -2.21. The average molecular weight is 548 g/mol. The predicted molar refractivity (Wildman–Crippen MR) is 118 cm³/mol. The van der Waals surface area contributed by atoms with Crippen LogP contribution in [-0.4, -0.2) is 25.4 Å². The van der Waals surface area contributed by atoms with Crippen molar-refractivity contribution in [3.63, 3.8) is 0 Å². The van der Waals surface area contributed by atoms with Crippen molar-refractivity contribution < 1.29 is 49.1 Å². The van der Waals surface area contributed by atoms with Gasteiger partial charge in [0.2, 0.25) is 0 Å². The number of fused-ring (bicyclic) bond motifs is 1. The zero-order valence-electron chi connectivity index (χ0n) is 21.4. The minimum absolute atomic E-state index is 0.152. The largest absolute Gasteiger partial charge is 0.433 e. The summed E-state index contributed by atoms with van der Waals surface area (Å²) in [6, 6.07) is 3.48. The molecule has 4 rings (SSSR count). The lowest BCUT2D eigenvalue weighted by Gasteiger charge is -2.15. The molecule has 0 fully saturated rings. The Bertz CT molecular complexity index is 1670. The van der Waals surface area contributed by atoms with Gasteiger partial charge in [-0.25, -0.2) is 18.7 Å². The number of benzene rings is 2. The highest BCUT2D eigenvalue weighted by Crippen LogP contribution is 2.37. The molecule has 0 aliphatic carbocycles. The molecule has 0 aliphatic rings. The van der Waals surface area contributed by atoms with E-state index in [2.05, 4.69) is 9.97 Å². The highest BCUT2D eigenvalue weighted by molar-refractivity contribution is 5.95. The second-order valence-electron chi connectivity index (χ2n) is 7.85. The third-order valence-electron chi connectivity index (χ3n) is 5.28. The molecule has 0 spiro atoms. The number of nitrogen functional groups attached to an aromatic ring is 1. The molecule has 0 saturated carbocycles. The second kappa shape index (κ2) is 9.24. The summed E-state index contributed by atoms with van der Waals surface area (Å²) >= 11 is 0. The van der Waals surface area contributed by atoms with Crippen LogP contribution in [0.4, 0.5) is 46.6 Å². The van der Waals surface area contributed by atoms with Gasteiger partial charge in [-0.15, -0.1) is 0 Å². The number of alkyl halides is 6. The van der Waals surface area contributed by atoms with E-state index >= 15 is 4.39 Å². The fourth-order valence-corrected chi connectivity index (χ4v) is 3.61. The Hall–Kier alpha value is -4.27. The Morgan fingerprint density at radius 3 is 2.42 bits per heavy atom. The van der Waals surface area contributed by atoms with Gasteiger partial charge in [0.25, 0.3) is 5.91 Å². The van der Waals surface area contributed by atoms with E-state index in [1.807, 2.05) is 5.32 Å². The second-order valence-corrected chi connectivity index (χ2v) is 7.85. The molecule has 0 aliphatic heterocycles. The van der Waals surface area contributed by atoms with Gasteiger partial charge < -0.3 is 16.2 Å². The Morgan fingerprint density at radius 2 is 1.82 bits per heavy atom. The molecule has 15 heteroatoms. The molecule has 2 aromatic heterocycles. The van der Waals surface area contributed by atoms with Crippen LogP contribution in [0.1, 0.15) is 32.9 Å². The van der Waals surface area contributed by atoms with Crippen LogP contribution in [0.15, 0.2) is 42.6 Å². The smallest absolute Gasteiger partial charge is 0.382 e. The number of hydrogen-bond acceptors (Lipinski definition) is 5. The Labute approximate surface area is 211 Å². The highest BCUT2D eigenvalue weighted by atomic mass is 19.4. The molecule has 200 valence electrons. The number of hydrogen-bond donors (Lipinski definition) is 3. The summed E-state index contributed by atoms with van der Waals surface area (Å²) in [5.74, 6) is -5.71. The van der Waals surface area contributed by atoms with E-state index in [0.717, 1.165) is 12.1 Å². The van der Waals surface area contributed by atoms with Crippen LogP contribution in [0.3, 0.4) is 0 Å². The van der Waals surface area contributed by atoms with Crippen molar-refractivity contribution in [2.24, 2.45) is 0 Å². The van der Waals surface area contributed by atoms with E-state index in [-0.39, 0.29) is 16.2 Å². The molecule has 7 nitrogen and oxygen atoms in total. The van der Waals surface area contributed by atoms with Crippen LogP contribution in [0.5, 0.6) is 0 Å². The monoisotopic (exact) mass is 548 g/mol.